The van der Waals surface area contributed by atoms with Gasteiger partial charge in [0, 0.05) is 9.50 Å². The molecule has 1 rings (SSSR count). The third-order valence-electron chi connectivity index (χ3n) is 1.65. The minimum atomic E-state index is -0.767. The van der Waals surface area contributed by atoms with E-state index in [0.717, 1.165) is 4.47 Å². The molecule has 0 bridgehead atoms. The molecule has 1 aromatic carbocycles. The van der Waals surface area contributed by atoms with Gasteiger partial charge in [0.1, 0.15) is 11.6 Å². The molecule has 3 nitrogen and oxygen atoms in total. The maximum atomic E-state index is 10.8. The summed E-state index contributed by atoms with van der Waals surface area (Å²) in [5.74, 6) is -0.767. The Bertz CT molecular complexity index is 477. The molecule has 76 valence electrons. The van der Waals surface area contributed by atoms with Crippen molar-refractivity contribution in [2.75, 3.05) is 0 Å². The van der Waals surface area contributed by atoms with Gasteiger partial charge in [-0.25, -0.2) is 0 Å². The summed E-state index contributed by atoms with van der Waals surface area (Å²) in [6.07, 6.45) is 1.36. The standard InChI is InChI=1S/C10H6BrClN2O/c11-8-2-1-6(9(12)4-8)3-7(5-13)10(14)15/h1-4H,(H2,14,15)/b7-3+. The van der Waals surface area contributed by atoms with E-state index in [4.69, 9.17) is 22.6 Å². The zero-order valence-electron chi connectivity index (χ0n) is 7.50. The Labute approximate surface area is 100 Å². The summed E-state index contributed by atoms with van der Waals surface area (Å²) in [6, 6.07) is 6.82. The molecule has 0 saturated carbocycles. The third kappa shape index (κ3) is 3.08. The summed E-state index contributed by atoms with van der Waals surface area (Å²) in [4.78, 5) is 10.8. The predicted octanol–water partition coefficient (Wildman–Crippen LogP) is 2.49. The zero-order chi connectivity index (χ0) is 11.4. The summed E-state index contributed by atoms with van der Waals surface area (Å²) >= 11 is 9.15. The Kier molecular flexibility index (Phi) is 3.89. The lowest BCUT2D eigenvalue weighted by Gasteiger charge is -1.99. The van der Waals surface area contributed by atoms with Gasteiger partial charge in [-0.15, -0.1) is 0 Å². The van der Waals surface area contributed by atoms with E-state index in [1.807, 2.05) is 0 Å². The molecule has 0 aromatic heterocycles. The summed E-state index contributed by atoms with van der Waals surface area (Å²) in [6.45, 7) is 0. The summed E-state index contributed by atoms with van der Waals surface area (Å²) in [5, 5.41) is 9.07. The average Bonchev–Trinajstić information content (AvgIpc) is 2.16. The van der Waals surface area contributed by atoms with E-state index in [0.29, 0.717) is 10.6 Å². The van der Waals surface area contributed by atoms with Gasteiger partial charge in [0.25, 0.3) is 5.91 Å². The lowest BCUT2D eigenvalue weighted by molar-refractivity contribution is -0.114. The van der Waals surface area contributed by atoms with Crippen molar-refractivity contribution >= 4 is 39.5 Å². The second-order valence-corrected chi connectivity index (χ2v) is 4.02. The Morgan fingerprint density at radius 1 is 1.60 bits per heavy atom. The summed E-state index contributed by atoms with van der Waals surface area (Å²) in [7, 11) is 0. The number of primary amides is 1. The van der Waals surface area contributed by atoms with Crippen molar-refractivity contribution in [3.63, 3.8) is 0 Å². The molecule has 0 aliphatic carbocycles. The van der Waals surface area contributed by atoms with Crippen LogP contribution >= 0.6 is 27.5 Å². The zero-order valence-corrected chi connectivity index (χ0v) is 9.84. The molecule has 15 heavy (non-hydrogen) atoms. The van der Waals surface area contributed by atoms with E-state index in [-0.39, 0.29) is 5.57 Å². The van der Waals surface area contributed by atoms with Gasteiger partial charge in [-0.1, -0.05) is 33.6 Å². The number of nitrogens with two attached hydrogens (primary N) is 1. The molecule has 5 heteroatoms. The number of amides is 1. The molecule has 0 fully saturated rings. The predicted molar refractivity (Wildman–Crippen MR) is 61.9 cm³/mol. The minimum Gasteiger partial charge on any atom is -0.365 e. The van der Waals surface area contributed by atoms with Crippen LogP contribution in [-0.2, 0) is 4.79 Å². The van der Waals surface area contributed by atoms with Crippen molar-refractivity contribution in [3.8, 4) is 6.07 Å². The molecule has 1 aromatic rings. The van der Waals surface area contributed by atoms with Gasteiger partial charge >= 0.3 is 0 Å². The first kappa shape index (κ1) is 11.8. The van der Waals surface area contributed by atoms with Crippen molar-refractivity contribution in [1.82, 2.24) is 0 Å². The number of carbonyl (C=O) groups is 1. The van der Waals surface area contributed by atoms with Crippen LogP contribution in [0.5, 0.6) is 0 Å². The Hall–Kier alpha value is -1.31. The monoisotopic (exact) mass is 284 g/mol. The third-order valence-corrected chi connectivity index (χ3v) is 2.47. The SMILES string of the molecule is N#C/C(=C\c1ccc(Br)cc1Cl)C(N)=O. The highest BCUT2D eigenvalue weighted by atomic mass is 79.9. The number of hydrogen-bond acceptors (Lipinski definition) is 2. The maximum absolute atomic E-state index is 10.8. The van der Waals surface area contributed by atoms with Crippen LogP contribution in [0.2, 0.25) is 5.02 Å². The average molecular weight is 286 g/mol. The molecular formula is C10H6BrClN2O. The van der Waals surface area contributed by atoms with Crippen LogP contribution in [0.15, 0.2) is 28.2 Å². The molecule has 0 saturated heterocycles. The molecule has 2 N–H and O–H groups in total. The molecule has 0 radical (unpaired) electrons. The van der Waals surface area contributed by atoms with Gasteiger partial charge in [-0.3, -0.25) is 4.79 Å². The van der Waals surface area contributed by atoms with Gasteiger partial charge in [0.15, 0.2) is 0 Å². The van der Waals surface area contributed by atoms with Gasteiger partial charge in [-0.05, 0) is 23.8 Å². The molecule has 0 spiro atoms. The lowest BCUT2D eigenvalue weighted by atomic mass is 10.1. The van der Waals surface area contributed by atoms with Gasteiger partial charge in [-0.2, -0.15) is 5.26 Å². The quantitative estimate of drug-likeness (QED) is 0.670. The van der Waals surface area contributed by atoms with Crippen LogP contribution in [0, 0.1) is 11.3 Å². The van der Waals surface area contributed by atoms with Crippen molar-refractivity contribution in [3.05, 3.63) is 38.8 Å². The van der Waals surface area contributed by atoms with Crippen molar-refractivity contribution in [1.29, 1.82) is 5.26 Å². The molecular weight excluding hydrogens is 279 g/mol. The van der Waals surface area contributed by atoms with Crippen LogP contribution in [-0.4, -0.2) is 5.91 Å². The fourth-order valence-corrected chi connectivity index (χ4v) is 1.66. The molecule has 0 aliphatic heterocycles. The maximum Gasteiger partial charge on any atom is 0.259 e. The van der Waals surface area contributed by atoms with E-state index in [9.17, 15) is 4.79 Å². The van der Waals surface area contributed by atoms with Crippen LogP contribution in [0.4, 0.5) is 0 Å². The van der Waals surface area contributed by atoms with E-state index >= 15 is 0 Å². The summed E-state index contributed by atoms with van der Waals surface area (Å²) < 4.78 is 0.822. The van der Waals surface area contributed by atoms with Crippen LogP contribution in [0.25, 0.3) is 6.08 Å². The second kappa shape index (κ2) is 4.96. The second-order valence-electron chi connectivity index (χ2n) is 2.70. The fraction of sp³-hybridized carbons (Fsp3) is 0. The van der Waals surface area contributed by atoms with Crippen molar-refractivity contribution in [2.24, 2.45) is 5.73 Å². The van der Waals surface area contributed by atoms with Gasteiger partial charge in [0.2, 0.25) is 0 Å². The number of nitriles is 1. The van der Waals surface area contributed by atoms with Crippen LogP contribution in [0.1, 0.15) is 5.56 Å². The lowest BCUT2D eigenvalue weighted by Crippen LogP contribution is -2.12. The van der Waals surface area contributed by atoms with Crippen LogP contribution in [0.3, 0.4) is 0 Å². The first-order chi connectivity index (χ1) is 7.04. The number of benzene rings is 1. The molecule has 1 amide bonds. The van der Waals surface area contributed by atoms with E-state index in [1.54, 1.807) is 24.3 Å². The first-order valence-electron chi connectivity index (χ1n) is 3.91. The van der Waals surface area contributed by atoms with Crippen molar-refractivity contribution in [2.45, 2.75) is 0 Å². The largest absolute Gasteiger partial charge is 0.365 e. The molecule has 0 atom stereocenters. The van der Waals surface area contributed by atoms with Crippen molar-refractivity contribution < 1.29 is 4.79 Å². The highest BCUT2D eigenvalue weighted by molar-refractivity contribution is 9.10. The number of carbonyl (C=O) groups excluding carboxylic acids is 1. The number of hydrogen-bond donors (Lipinski definition) is 1. The van der Waals surface area contributed by atoms with E-state index in [2.05, 4.69) is 15.9 Å². The number of halogens is 2. The first-order valence-corrected chi connectivity index (χ1v) is 5.08. The fourth-order valence-electron chi connectivity index (χ4n) is 0.933. The summed E-state index contributed by atoms with van der Waals surface area (Å²) in [5.41, 5.74) is 5.45. The van der Waals surface area contributed by atoms with E-state index < -0.39 is 5.91 Å². The number of nitrogens with zero attached hydrogens (tertiary/aromatic N) is 1. The topological polar surface area (TPSA) is 66.9 Å². The Morgan fingerprint density at radius 2 is 2.27 bits per heavy atom. The molecule has 0 unspecified atom stereocenters. The molecule has 0 heterocycles. The Morgan fingerprint density at radius 3 is 2.73 bits per heavy atom. The minimum absolute atomic E-state index is 0.126. The normalized spacial score (nSPS) is 10.9. The molecule has 0 aliphatic rings. The highest BCUT2D eigenvalue weighted by Crippen LogP contribution is 2.23. The highest BCUT2D eigenvalue weighted by Gasteiger charge is 2.05. The van der Waals surface area contributed by atoms with Gasteiger partial charge in [0.05, 0.1) is 0 Å². The van der Waals surface area contributed by atoms with E-state index in [1.165, 1.54) is 6.08 Å². The van der Waals surface area contributed by atoms with Gasteiger partial charge < -0.3 is 5.73 Å². The number of rotatable bonds is 2. The smallest absolute Gasteiger partial charge is 0.259 e. The Balaban J connectivity index is 3.19. The van der Waals surface area contributed by atoms with Crippen LogP contribution < -0.4 is 5.73 Å².